The average molecular weight is 473 g/mol. The summed E-state index contributed by atoms with van der Waals surface area (Å²) in [5, 5.41) is 21.8. The topological polar surface area (TPSA) is 119 Å². The molecular weight excluding hydrogens is 448 g/mol. The van der Waals surface area contributed by atoms with E-state index in [1.807, 2.05) is 47.5 Å². The number of phenols is 1. The highest BCUT2D eigenvalue weighted by Crippen LogP contribution is 2.37. The number of nitrogens with zero attached hydrogens (tertiary/aromatic N) is 6. The van der Waals surface area contributed by atoms with E-state index >= 15 is 0 Å². The number of aromatic nitrogens is 3. The van der Waals surface area contributed by atoms with E-state index in [2.05, 4.69) is 32.3 Å². The molecule has 5 rings (SSSR count). The zero-order valence-corrected chi connectivity index (χ0v) is 19.5. The normalized spacial score (nSPS) is 14.8. The van der Waals surface area contributed by atoms with E-state index in [9.17, 15) is 5.11 Å². The number of aromatic amines is 1. The van der Waals surface area contributed by atoms with Gasteiger partial charge in [-0.15, -0.1) is 5.11 Å². The van der Waals surface area contributed by atoms with Crippen molar-refractivity contribution >= 4 is 34.8 Å². The lowest BCUT2D eigenvalue weighted by atomic mass is 9.99. The number of hydrogen-bond donors (Lipinski definition) is 3. The number of pyridine rings is 1. The monoisotopic (exact) mass is 472 g/mol. The Hall–Kier alpha value is -3.89. The number of fused-ring (bicyclic) bond motifs is 1. The first-order valence-corrected chi connectivity index (χ1v) is 11.3. The van der Waals surface area contributed by atoms with Crippen molar-refractivity contribution in [2.24, 2.45) is 10.3 Å². The molecule has 1 saturated heterocycles. The zero-order valence-electron chi connectivity index (χ0n) is 18.6. The third-order valence-corrected chi connectivity index (χ3v) is 6.04. The molecule has 0 bridgehead atoms. The number of rotatable bonds is 4. The standard InChI is InChI=1S/C24H24N8OS/c1-31-10-12-32(13-11-31)30-29-16-8-6-15(7-9-16)19-14-18(17-4-2-3-5-20(17)33)21-22(25)27-24(34)28-23(21)26-19/h2-9,14,33H,10-13H2,1H3,(H3,25,26,27,28,34). The second-order valence-corrected chi connectivity index (χ2v) is 8.61. The van der Waals surface area contributed by atoms with Crippen LogP contribution in [0.1, 0.15) is 0 Å². The van der Waals surface area contributed by atoms with Crippen LogP contribution in [0.3, 0.4) is 0 Å². The highest BCUT2D eigenvalue weighted by molar-refractivity contribution is 7.71. The van der Waals surface area contributed by atoms with Crippen molar-refractivity contribution < 1.29 is 5.11 Å². The minimum atomic E-state index is 0.141. The van der Waals surface area contributed by atoms with Gasteiger partial charge in [-0.25, -0.2) is 4.98 Å². The lowest BCUT2D eigenvalue weighted by Gasteiger charge is -2.29. The molecule has 0 spiro atoms. The van der Waals surface area contributed by atoms with Crippen LogP contribution in [-0.4, -0.2) is 63.2 Å². The molecule has 0 unspecified atom stereocenters. The third-order valence-electron chi connectivity index (χ3n) is 5.84. The molecule has 1 aliphatic rings. The fourth-order valence-electron chi connectivity index (χ4n) is 3.94. The average Bonchev–Trinajstić information content (AvgIpc) is 2.83. The van der Waals surface area contributed by atoms with Gasteiger partial charge in [-0.3, -0.25) is 5.01 Å². The first kappa shape index (κ1) is 21.9. The number of nitrogens with one attached hydrogen (secondary N) is 1. The molecule has 172 valence electrons. The summed E-state index contributed by atoms with van der Waals surface area (Å²) in [6, 6.07) is 16.7. The van der Waals surface area contributed by atoms with Crippen LogP contribution in [0.2, 0.25) is 0 Å². The second-order valence-electron chi connectivity index (χ2n) is 8.22. The predicted octanol–water partition coefficient (Wildman–Crippen LogP) is 4.56. The fourth-order valence-corrected chi connectivity index (χ4v) is 4.14. The number of H-pyrrole nitrogens is 1. The van der Waals surface area contributed by atoms with E-state index in [1.165, 1.54) is 0 Å². The molecule has 34 heavy (non-hydrogen) atoms. The maximum absolute atomic E-state index is 10.5. The summed E-state index contributed by atoms with van der Waals surface area (Å²) >= 11 is 5.21. The van der Waals surface area contributed by atoms with Gasteiger partial charge in [0.05, 0.1) is 29.9 Å². The minimum Gasteiger partial charge on any atom is -0.507 e. The second kappa shape index (κ2) is 9.16. The first-order chi connectivity index (χ1) is 16.5. The van der Waals surface area contributed by atoms with Gasteiger partial charge in [0.15, 0.2) is 10.4 Å². The molecule has 9 nitrogen and oxygen atoms in total. The van der Waals surface area contributed by atoms with Crippen LogP contribution in [-0.2, 0) is 0 Å². The van der Waals surface area contributed by atoms with Crippen molar-refractivity contribution in [3.05, 3.63) is 59.4 Å². The molecule has 3 heterocycles. The Balaban J connectivity index is 1.53. The van der Waals surface area contributed by atoms with Crippen LogP contribution in [0.15, 0.2) is 64.9 Å². The number of nitrogens with two attached hydrogens (primary N) is 1. The highest BCUT2D eigenvalue weighted by atomic mass is 32.1. The number of piperazine rings is 1. The minimum absolute atomic E-state index is 0.141. The fraction of sp³-hybridized carbons (Fsp3) is 0.208. The van der Waals surface area contributed by atoms with Gasteiger partial charge in [0.2, 0.25) is 0 Å². The lowest BCUT2D eigenvalue weighted by molar-refractivity contribution is 0.150. The van der Waals surface area contributed by atoms with Crippen LogP contribution in [0, 0.1) is 4.77 Å². The molecule has 4 N–H and O–H groups in total. The van der Waals surface area contributed by atoms with Crippen LogP contribution in [0.25, 0.3) is 33.4 Å². The summed E-state index contributed by atoms with van der Waals surface area (Å²) in [5.41, 5.74) is 10.3. The Bertz CT molecular complexity index is 1430. The summed E-state index contributed by atoms with van der Waals surface area (Å²) in [5.74, 6) is 0.495. The summed E-state index contributed by atoms with van der Waals surface area (Å²) in [7, 11) is 2.11. The van der Waals surface area contributed by atoms with Crippen molar-refractivity contribution in [1.82, 2.24) is 24.9 Å². The van der Waals surface area contributed by atoms with Gasteiger partial charge < -0.3 is 20.7 Å². The maximum Gasteiger partial charge on any atom is 0.200 e. The van der Waals surface area contributed by atoms with Crippen molar-refractivity contribution in [1.29, 1.82) is 0 Å². The van der Waals surface area contributed by atoms with Crippen LogP contribution in [0.4, 0.5) is 11.5 Å². The quantitative estimate of drug-likeness (QED) is 0.294. The van der Waals surface area contributed by atoms with Crippen molar-refractivity contribution in [2.45, 2.75) is 0 Å². The van der Waals surface area contributed by atoms with Gasteiger partial charge in [0.1, 0.15) is 11.6 Å². The smallest absolute Gasteiger partial charge is 0.200 e. The number of aromatic hydroxyl groups is 1. The number of hydrogen-bond acceptors (Lipinski definition) is 8. The van der Waals surface area contributed by atoms with Gasteiger partial charge in [-0.2, -0.15) is 4.98 Å². The molecule has 1 aliphatic heterocycles. The van der Waals surface area contributed by atoms with E-state index in [1.54, 1.807) is 12.1 Å². The number of likely N-dealkylation sites (N-methyl/N-ethyl adjacent to an activating group) is 1. The summed E-state index contributed by atoms with van der Waals surface area (Å²) in [6.45, 7) is 3.69. The van der Waals surface area contributed by atoms with Crippen LogP contribution >= 0.6 is 12.2 Å². The number of anilines is 1. The van der Waals surface area contributed by atoms with Crippen LogP contribution < -0.4 is 5.73 Å². The Morgan fingerprint density at radius 1 is 1.00 bits per heavy atom. The summed E-state index contributed by atoms with van der Waals surface area (Å²) < 4.78 is 0.248. The highest BCUT2D eigenvalue weighted by Gasteiger charge is 2.16. The Morgan fingerprint density at radius 3 is 2.47 bits per heavy atom. The van der Waals surface area contributed by atoms with E-state index in [4.69, 9.17) is 22.9 Å². The summed E-state index contributed by atoms with van der Waals surface area (Å²) in [4.78, 5) is 14.3. The first-order valence-electron chi connectivity index (χ1n) is 10.9. The largest absolute Gasteiger partial charge is 0.507 e. The Labute approximate surface area is 201 Å². The van der Waals surface area contributed by atoms with Crippen LogP contribution in [0.5, 0.6) is 5.75 Å². The molecule has 0 aliphatic carbocycles. The molecule has 0 amide bonds. The predicted molar refractivity (Wildman–Crippen MR) is 135 cm³/mol. The lowest BCUT2D eigenvalue weighted by Crippen LogP contribution is -2.41. The third kappa shape index (κ3) is 4.45. The van der Waals surface area contributed by atoms with Gasteiger partial charge in [-0.05, 0) is 43.5 Å². The Morgan fingerprint density at radius 2 is 1.74 bits per heavy atom. The van der Waals surface area contributed by atoms with Crippen molar-refractivity contribution in [3.63, 3.8) is 0 Å². The molecule has 10 heteroatoms. The SMILES string of the molecule is CN1CCN(N=Nc2ccc(-c3cc(-c4ccccc4O)c4c(N)[nH]c(=S)nc4n3)cc2)CC1. The molecule has 2 aromatic heterocycles. The molecule has 0 atom stereocenters. The zero-order chi connectivity index (χ0) is 23.7. The van der Waals surface area contributed by atoms with E-state index in [0.717, 1.165) is 37.4 Å². The van der Waals surface area contributed by atoms with E-state index < -0.39 is 0 Å². The Kier molecular flexibility index (Phi) is 5.91. The van der Waals surface area contributed by atoms with E-state index in [0.29, 0.717) is 33.7 Å². The number of benzene rings is 2. The molecule has 2 aromatic carbocycles. The van der Waals surface area contributed by atoms with Gasteiger partial charge in [0, 0.05) is 29.8 Å². The van der Waals surface area contributed by atoms with Gasteiger partial charge in [0.25, 0.3) is 0 Å². The maximum atomic E-state index is 10.5. The molecule has 4 aromatic rings. The van der Waals surface area contributed by atoms with Gasteiger partial charge in [-0.1, -0.05) is 35.6 Å². The molecule has 1 fully saturated rings. The van der Waals surface area contributed by atoms with Gasteiger partial charge >= 0.3 is 0 Å². The van der Waals surface area contributed by atoms with Crippen molar-refractivity contribution in [3.8, 4) is 28.1 Å². The molecular formula is C24H24N8OS. The van der Waals surface area contributed by atoms with Crippen molar-refractivity contribution in [2.75, 3.05) is 39.0 Å². The summed E-state index contributed by atoms with van der Waals surface area (Å²) in [6.07, 6.45) is 0. The number of nitrogen functional groups attached to an aromatic ring is 1. The van der Waals surface area contributed by atoms with E-state index in [-0.39, 0.29) is 10.5 Å². The number of phenolic OH excluding ortho intramolecular Hbond substituents is 1. The molecule has 0 saturated carbocycles. The number of para-hydroxylation sites is 1. The molecule has 0 radical (unpaired) electrons.